The summed E-state index contributed by atoms with van der Waals surface area (Å²) >= 11 is 1.69. The average molecular weight is 458 g/mol. The van der Waals surface area contributed by atoms with E-state index in [4.69, 9.17) is 4.74 Å². The van der Waals surface area contributed by atoms with Gasteiger partial charge < -0.3 is 14.5 Å². The van der Waals surface area contributed by atoms with Crippen molar-refractivity contribution >= 4 is 29.0 Å². The largest absolute Gasteiger partial charge is 0.462 e. The maximum absolute atomic E-state index is 13.1. The first kappa shape index (κ1) is 22.7. The second-order valence-corrected chi connectivity index (χ2v) is 9.41. The maximum atomic E-state index is 13.1. The van der Waals surface area contributed by atoms with Gasteiger partial charge in [-0.2, -0.15) is 0 Å². The highest BCUT2D eigenvalue weighted by atomic mass is 32.1. The van der Waals surface area contributed by atoms with Gasteiger partial charge in [0, 0.05) is 50.2 Å². The summed E-state index contributed by atoms with van der Waals surface area (Å²) in [4.78, 5) is 40.4. The number of piperidine rings is 1. The Bertz CT molecular complexity index is 916. The number of rotatable bonds is 6. The Labute approximate surface area is 193 Å². The van der Waals surface area contributed by atoms with Gasteiger partial charge in [-0.3, -0.25) is 9.69 Å². The van der Waals surface area contributed by atoms with Gasteiger partial charge in [-0.05, 0) is 51.9 Å². The predicted octanol–water partition coefficient (Wildman–Crippen LogP) is 2.58. The van der Waals surface area contributed by atoms with Crippen LogP contribution in [0.2, 0.25) is 0 Å². The van der Waals surface area contributed by atoms with Gasteiger partial charge in [0.1, 0.15) is 5.82 Å². The summed E-state index contributed by atoms with van der Waals surface area (Å²) in [7, 11) is 0. The Morgan fingerprint density at radius 2 is 1.88 bits per heavy atom. The van der Waals surface area contributed by atoms with Crippen molar-refractivity contribution in [2.45, 2.75) is 33.2 Å². The third kappa shape index (κ3) is 5.45. The molecule has 4 heterocycles. The van der Waals surface area contributed by atoms with Crippen molar-refractivity contribution in [1.29, 1.82) is 0 Å². The van der Waals surface area contributed by atoms with Crippen molar-refractivity contribution in [3.05, 3.63) is 40.0 Å². The fraction of sp³-hybridized carbons (Fsp3) is 0.565. The van der Waals surface area contributed by atoms with Crippen LogP contribution in [0.5, 0.6) is 0 Å². The van der Waals surface area contributed by atoms with E-state index in [1.54, 1.807) is 30.5 Å². The van der Waals surface area contributed by atoms with Crippen LogP contribution in [0.15, 0.2) is 23.7 Å². The number of hydrogen-bond donors (Lipinski definition) is 0. The van der Waals surface area contributed by atoms with Crippen LogP contribution in [0.4, 0.5) is 5.82 Å². The van der Waals surface area contributed by atoms with E-state index >= 15 is 0 Å². The molecule has 2 aliphatic heterocycles. The number of hydrogen-bond acceptors (Lipinski definition) is 8. The number of likely N-dealkylation sites (tertiary alicyclic amines) is 1. The molecule has 2 aromatic rings. The summed E-state index contributed by atoms with van der Waals surface area (Å²) in [6, 6.07) is 3.60. The zero-order chi connectivity index (χ0) is 22.5. The first-order chi connectivity index (χ1) is 15.5. The molecule has 32 heavy (non-hydrogen) atoms. The van der Waals surface area contributed by atoms with Crippen LogP contribution in [0.1, 0.15) is 40.8 Å². The topological polar surface area (TPSA) is 78.9 Å². The van der Waals surface area contributed by atoms with Crippen molar-refractivity contribution in [1.82, 2.24) is 19.8 Å². The lowest BCUT2D eigenvalue weighted by Gasteiger charge is -2.39. The monoisotopic (exact) mass is 457 g/mol. The lowest BCUT2D eigenvalue weighted by atomic mass is 9.95. The highest BCUT2D eigenvalue weighted by molar-refractivity contribution is 7.09. The van der Waals surface area contributed by atoms with Gasteiger partial charge in [0.25, 0.3) is 0 Å². The standard InChI is InChI=1S/C23H31N5O3S/c1-3-31-23(30)19-4-5-21(24-14-19)27-10-12-28(13-11-27)22(29)18-6-8-26(9-7-18)15-20-16-32-17(2)25-20/h4-5,14,16,18H,3,6-13,15H2,1-2H3. The minimum Gasteiger partial charge on any atom is -0.462 e. The van der Waals surface area contributed by atoms with Crippen LogP contribution < -0.4 is 4.90 Å². The second-order valence-electron chi connectivity index (χ2n) is 8.35. The van der Waals surface area contributed by atoms with Crippen LogP contribution in [0, 0.1) is 12.8 Å². The van der Waals surface area contributed by atoms with Crippen molar-refractivity contribution in [2.24, 2.45) is 5.92 Å². The fourth-order valence-corrected chi connectivity index (χ4v) is 4.97. The van der Waals surface area contributed by atoms with Crippen molar-refractivity contribution < 1.29 is 14.3 Å². The minimum absolute atomic E-state index is 0.122. The zero-order valence-corrected chi connectivity index (χ0v) is 19.6. The Morgan fingerprint density at radius 1 is 1.12 bits per heavy atom. The summed E-state index contributed by atoms with van der Waals surface area (Å²) < 4.78 is 5.01. The molecule has 0 unspecified atom stereocenters. The van der Waals surface area contributed by atoms with Gasteiger partial charge in [0.2, 0.25) is 5.91 Å². The molecule has 2 aliphatic rings. The lowest BCUT2D eigenvalue weighted by molar-refractivity contribution is -0.137. The van der Waals surface area contributed by atoms with Crippen LogP contribution in [0.3, 0.4) is 0 Å². The third-order valence-electron chi connectivity index (χ3n) is 6.16. The van der Waals surface area contributed by atoms with E-state index in [1.165, 1.54) is 0 Å². The Balaban J connectivity index is 1.23. The molecule has 2 fully saturated rings. The van der Waals surface area contributed by atoms with E-state index in [0.29, 0.717) is 31.2 Å². The van der Waals surface area contributed by atoms with E-state index < -0.39 is 0 Å². The number of amides is 1. The number of aromatic nitrogens is 2. The molecule has 2 aromatic heterocycles. The summed E-state index contributed by atoms with van der Waals surface area (Å²) in [5.41, 5.74) is 1.60. The Morgan fingerprint density at radius 3 is 2.47 bits per heavy atom. The first-order valence-corrected chi connectivity index (χ1v) is 12.2. The van der Waals surface area contributed by atoms with Crippen LogP contribution >= 0.6 is 11.3 Å². The number of esters is 1. The molecule has 0 bridgehead atoms. The number of thiazole rings is 1. The van der Waals surface area contributed by atoms with E-state index in [9.17, 15) is 9.59 Å². The van der Waals surface area contributed by atoms with E-state index in [-0.39, 0.29) is 11.9 Å². The van der Waals surface area contributed by atoms with Crippen molar-refractivity contribution in [3.63, 3.8) is 0 Å². The molecule has 9 heteroatoms. The van der Waals surface area contributed by atoms with Gasteiger partial charge in [-0.15, -0.1) is 11.3 Å². The van der Waals surface area contributed by atoms with Crippen molar-refractivity contribution in [2.75, 3.05) is 50.8 Å². The molecule has 0 radical (unpaired) electrons. The molecular formula is C23H31N5O3S. The second kappa shape index (κ2) is 10.4. The molecule has 8 nitrogen and oxygen atoms in total. The average Bonchev–Trinajstić information content (AvgIpc) is 3.24. The SMILES string of the molecule is CCOC(=O)c1ccc(N2CCN(C(=O)C3CCN(Cc4csc(C)n4)CC3)CC2)nc1. The lowest BCUT2D eigenvalue weighted by Crippen LogP contribution is -2.51. The third-order valence-corrected chi connectivity index (χ3v) is 6.99. The molecule has 0 atom stereocenters. The number of pyridine rings is 1. The molecule has 1 amide bonds. The number of aryl methyl sites for hydroxylation is 1. The summed E-state index contributed by atoms with van der Waals surface area (Å²) in [5.74, 6) is 0.891. The molecule has 0 aromatic carbocycles. The summed E-state index contributed by atoms with van der Waals surface area (Å²) in [6.45, 7) is 9.86. The summed E-state index contributed by atoms with van der Waals surface area (Å²) in [5, 5.41) is 3.24. The van der Waals surface area contributed by atoms with E-state index in [0.717, 1.165) is 62.1 Å². The number of carbonyl (C=O) groups is 2. The van der Waals surface area contributed by atoms with E-state index in [1.807, 2.05) is 17.9 Å². The molecule has 0 aliphatic carbocycles. The van der Waals surface area contributed by atoms with Gasteiger partial charge in [-0.25, -0.2) is 14.8 Å². The fourth-order valence-electron chi connectivity index (χ4n) is 4.37. The maximum Gasteiger partial charge on any atom is 0.339 e. The molecule has 0 spiro atoms. The molecule has 2 saturated heterocycles. The number of carbonyl (C=O) groups excluding carboxylic acids is 2. The van der Waals surface area contributed by atoms with Crippen LogP contribution in [-0.2, 0) is 16.1 Å². The molecule has 0 N–H and O–H groups in total. The number of nitrogens with zero attached hydrogens (tertiary/aromatic N) is 5. The predicted molar refractivity (Wildman–Crippen MR) is 124 cm³/mol. The molecule has 172 valence electrons. The Hall–Kier alpha value is -2.52. The van der Waals surface area contributed by atoms with Gasteiger partial charge >= 0.3 is 5.97 Å². The van der Waals surface area contributed by atoms with Crippen molar-refractivity contribution in [3.8, 4) is 0 Å². The highest BCUT2D eigenvalue weighted by Crippen LogP contribution is 2.23. The number of anilines is 1. The number of piperazine rings is 1. The molecular weight excluding hydrogens is 426 g/mol. The molecule has 0 saturated carbocycles. The Kier molecular flexibility index (Phi) is 7.36. The van der Waals surface area contributed by atoms with Crippen LogP contribution in [0.25, 0.3) is 0 Å². The normalized spacial score (nSPS) is 18.1. The summed E-state index contributed by atoms with van der Waals surface area (Å²) in [6.07, 6.45) is 3.39. The number of ether oxygens (including phenoxy) is 1. The van der Waals surface area contributed by atoms with Gasteiger partial charge in [-0.1, -0.05) is 0 Å². The minimum atomic E-state index is -0.352. The van der Waals surface area contributed by atoms with Crippen LogP contribution in [-0.4, -0.2) is 77.5 Å². The van der Waals surface area contributed by atoms with Gasteiger partial charge in [0.05, 0.1) is 22.9 Å². The molecule has 4 rings (SSSR count). The highest BCUT2D eigenvalue weighted by Gasteiger charge is 2.30. The first-order valence-electron chi connectivity index (χ1n) is 11.3. The quantitative estimate of drug-likeness (QED) is 0.617. The van der Waals surface area contributed by atoms with Gasteiger partial charge in [0.15, 0.2) is 0 Å². The zero-order valence-electron chi connectivity index (χ0n) is 18.8. The van der Waals surface area contributed by atoms with E-state index in [2.05, 4.69) is 25.1 Å². The smallest absolute Gasteiger partial charge is 0.339 e.